The molecular weight excluding hydrogens is 248 g/mol. The Morgan fingerprint density at radius 2 is 1.84 bits per heavy atom. The van der Waals surface area contributed by atoms with Crippen molar-refractivity contribution in [3.05, 3.63) is 0 Å². The van der Waals surface area contributed by atoms with Gasteiger partial charge in [-0.2, -0.15) is 0 Å². The minimum absolute atomic E-state index is 0.0123. The van der Waals surface area contributed by atoms with Crippen LogP contribution in [-0.4, -0.2) is 35.5 Å². The van der Waals surface area contributed by atoms with Crippen LogP contribution in [0.3, 0.4) is 0 Å². The topological polar surface area (TPSA) is 95.5 Å². The fraction of sp³-hybridized carbons (Fsp3) is 0.769. The Balaban J connectivity index is 2.25. The Bertz CT molecular complexity index is 338. The Hall–Kier alpha value is -1.59. The zero-order valence-electron chi connectivity index (χ0n) is 11.3. The lowest BCUT2D eigenvalue weighted by molar-refractivity contribution is -0.138. The summed E-state index contributed by atoms with van der Waals surface area (Å²) in [6.45, 7) is 1.36. The van der Waals surface area contributed by atoms with Crippen LogP contribution in [0.15, 0.2) is 0 Å². The molecule has 0 radical (unpaired) electrons. The maximum atomic E-state index is 11.9. The van der Waals surface area contributed by atoms with Crippen LogP contribution in [0.25, 0.3) is 0 Å². The first-order chi connectivity index (χ1) is 8.99. The van der Waals surface area contributed by atoms with Gasteiger partial charge in [0.25, 0.3) is 0 Å². The van der Waals surface area contributed by atoms with Gasteiger partial charge in [-0.25, -0.2) is 0 Å². The molecule has 6 heteroatoms. The average molecular weight is 270 g/mol. The highest BCUT2D eigenvalue weighted by molar-refractivity contribution is 5.83. The number of carboxylic acids is 1. The average Bonchev–Trinajstić information content (AvgIpc) is 2.37. The van der Waals surface area contributed by atoms with Crippen molar-refractivity contribution in [2.24, 2.45) is 5.92 Å². The largest absolute Gasteiger partial charge is 0.480 e. The van der Waals surface area contributed by atoms with E-state index in [2.05, 4.69) is 10.6 Å². The van der Waals surface area contributed by atoms with Crippen molar-refractivity contribution < 1.29 is 19.5 Å². The summed E-state index contributed by atoms with van der Waals surface area (Å²) in [5, 5.41) is 13.5. The van der Waals surface area contributed by atoms with Gasteiger partial charge in [-0.15, -0.1) is 0 Å². The van der Waals surface area contributed by atoms with E-state index < -0.39 is 5.97 Å². The van der Waals surface area contributed by atoms with E-state index in [4.69, 9.17) is 5.11 Å². The molecular formula is C13H22N2O4. The first kappa shape index (κ1) is 15.5. The van der Waals surface area contributed by atoms with E-state index in [9.17, 15) is 14.4 Å². The first-order valence-electron chi connectivity index (χ1n) is 6.78. The number of hydrogen-bond acceptors (Lipinski definition) is 3. The summed E-state index contributed by atoms with van der Waals surface area (Å²) in [6, 6.07) is -0.275. The summed E-state index contributed by atoms with van der Waals surface area (Å²) in [7, 11) is 0. The predicted molar refractivity (Wildman–Crippen MR) is 69.4 cm³/mol. The molecule has 0 heterocycles. The molecule has 0 aromatic heterocycles. The van der Waals surface area contributed by atoms with Gasteiger partial charge in [0.2, 0.25) is 11.8 Å². The van der Waals surface area contributed by atoms with Crippen molar-refractivity contribution in [3.63, 3.8) is 0 Å². The Kier molecular flexibility index (Phi) is 6.32. The summed E-state index contributed by atoms with van der Waals surface area (Å²) in [5.41, 5.74) is 0. The molecule has 0 spiro atoms. The van der Waals surface area contributed by atoms with Crippen LogP contribution in [0.5, 0.6) is 0 Å². The molecule has 2 amide bonds. The number of rotatable bonds is 6. The van der Waals surface area contributed by atoms with E-state index in [0.29, 0.717) is 0 Å². The molecule has 0 aliphatic heterocycles. The van der Waals surface area contributed by atoms with Crippen LogP contribution in [-0.2, 0) is 14.4 Å². The smallest absolute Gasteiger partial charge is 0.322 e. The molecule has 3 N–H and O–H groups in total. The molecule has 1 atom stereocenters. The third kappa shape index (κ3) is 6.22. The zero-order valence-corrected chi connectivity index (χ0v) is 11.3. The van der Waals surface area contributed by atoms with Gasteiger partial charge in [-0.1, -0.05) is 19.3 Å². The second-order valence-corrected chi connectivity index (χ2v) is 5.12. The van der Waals surface area contributed by atoms with Crippen molar-refractivity contribution in [2.45, 2.75) is 51.5 Å². The molecule has 1 saturated carbocycles. The third-order valence-electron chi connectivity index (χ3n) is 3.29. The molecule has 0 aromatic carbocycles. The van der Waals surface area contributed by atoms with Gasteiger partial charge in [0.15, 0.2) is 0 Å². The zero-order chi connectivity index (χ0) is 14.3. The number of carbonyl (C=O) groups excluding carboxylic acids is 2. The molecule has 1 fully saturated rings. The van der Waals surface area contributed by atoms with E-state index in [1.165, 1.54) is 6.42 Å². The maximum Gasteiger partial charge on any atom is 0.322 e. The first-order valence-corrected chi connectivity index (χ1v) is 6.78. The molecule has 1 aliphatic carbocycles. The summed E-state index contributed by atoms with van der Waals surface area (Å²) >= 11 is 0. The molecule has 1 unspecified atom stereocenters. The minimum atomic E-state index is -1.08. The maximum absolute atomic E-state index is 11.9. The van der Waals surface area contributed by atoms with Crippen LogP contribution in [0.4, 0.5) is 0 Å². The highest BCUT2D eigenvalue weighted by Gasteiger charge is 2.22. The number of carboxylic acid groups (broad SMARTS) is 1. The molecule has 1 rings (SSSR count). The van der Waals surface area contributed by atoms with Gasteiger partial charge in [0.05, 0.1) is 0 Å². The summed E-state index contributed by atoms with van der Waals surface area (Å²) in [4.78, 5) is 33.6. The van der Waals surface area contributed by atoms with Crippen molar-refractivity contribution in [1.82, 2.24) is 10.6 Å². The SMILES string of the molecule is CC(CC(=O)NCC(=O)O)NC(=O)C1CCCCC1. The second kappa shape index (κ2) is 7.76. The van der Waals surface area contributed by atoms with Gasteiger partial charge in [-0.3, -0.25) is 14.4 Å². The van der Waals surface area contributed by atoms with E-state index in [1.807, 2.05) is 0 Å². The molecule has 19 heavy (non-hydrogen) atoms. The lowest BCUT2D eigenvalue weighted by Crippen LogP contribution is -2.41. The normalized spacial score (nSPS) is 17.5. The van der Waals surface area contributed by atoms with E-state index in [-0.39, 0.29) is 36.7 Å². The quantitative estimate of drug-likeness (QED) is 0.660. The molecule has 0 bridgehead atoms. The van der Waals surface area contributed by atoms with Crippen molar-refractivity contribution in [3.8, 4) is 0 Å². The van der Waals surface area contributed by atoms with Crippen molar-refractivity contribution in [1.29, 1.82) is 0 Å². The molecule has 108 valence electrons. The molecule has 0 aromatic rings. The number of hydrogen-bond donors (Lipinski definition) is 3. The predicted octanol–water partition coefficient (Wildman–Crippen LogP) is 0.662. The number of amides is 2. The van der Waals surface area contributed by atoms with E-state index in [0.717, 1.165) is 25.7 Å². The summed E-state index contributed by atoms with van der Waals surface area (Å²) in [6.07, 6.45) is 5.31. The van der Waals surface area contributed by atoms with Crippen LogP contribution in [0, 0.1) is 5.92 Å². The highest BCUT2D eigenvalue weighted by atomic mass is 16.4. The standard InChI is InChI=1S/C13H22N2O4/c1-9(7-11(16)14-8-12(17)18)15-13(19)10-5-3-2-4-6-10/h9-10H,2-8H2,1H3,(H,14,16)(H,15,19)(H,17,18). The fourth-order valence-corrected chi connectivity index (χ4v) is 2.30. The monoisotopic (exact) mass is 270 g/mol. The fourth-order valence-electron chi connectivity index (χ4n) is 2.30. The van der Waals surface area contributed by atoms with Gasteiger partial charge < -0.3 is 15.7 Å². The molecule has 0 saturated heterocycles. The van der Waals surface area contributed by atoms with Gasteiger partial charge in [0.1, 0.15) is 6.54 Å². The van der Waals surface area contributed by atoms with Crippen molar-refractivity contribution in [2.75, 3.05) is 6.54 Å². The number of aliphatic carboxylic acids is 1. The van der Waals surface area contributed by atoms with E-state index >= 15 is 0 Å². The number of carbonyl (C=O) groups is 3. The van der Waals surface area contributed by atoms with Crippen LogP contribution < -0.4 is 10.6 Å². The number of nitrogens with one attached hydrogen (secondary N) is 2. The van der Waals surface area contributed by atoms with Crippen LogP contribution >= 0.6 is 0 Å². The Labute approximate surface area is 112 Å². The highest BCUT2D eigenvalue weighted by Crippen LogP contribution is 2.23. The Morgan fingerprint density at radius 1 is 1.21 bits per heavy atom. The molecule has 6 nitrogen and oxygen atoms in total. The lowest BCUT2D eigenvalue weighted by Gasteiger charge is -2.23. The van der Waals surface area contributed by atoms with Gasteiger partial charge in [0, 0.05) is 18.4 Å². The van der Waals surface area contributed by atoms with Crippen molar-refractivity contribution >= 4 is 17.8 Å². The van der Waals surface area contributed by atoms with E-state index in [1.54, 1.807) is 6.92 Å². The summed E-state index contributed by atoms with van der Waals surface area (Å²) < 4.78 is 0. The third-order valence-corrected chi connectivity index (χ3v) is 3.29. The minimum Gasteiger partial charge on any atom is -0.480 e. The van der Waals surface area contributed by atoms with Crippen LogP contribution in [0.2, 0.25) is 0 Å². The second-order valence-electron chi connectivity index (χ2n) is 5.12. The lowest BCUT2D eigenvalue weighted by atomic mass is 9.88. The van der Waals surface area contributed by atoms with Crippen LogP contribution in [0.1, 0.15) is 45.4 Å². The summed E-state index contributed by atoms with van der Waals surface area (Å²) in [5.74, 6) is -1.36. The van der Waals surface area contributed by atoms with Gasteiger partial charge >= 0.3 is 5.97 Å². The molecule has 1 aliphatic rings. The Morgan fingerprint density at radius 3 is 2.42 bits per heavy atom. The van der Waals surface area contributed by atoms with Gasteiger partial charge in [-0.05, 0) is 19.8 Å².